The quantitative estimate of drug-likeness (QED) is 0.179. The van der Waals surface area contributed by atoms with Crippen LogP contribution >= 0.6 is 0 Å². The molecule has 0 N–H and O–H groups in total. The minimum atomic E-state index is -0.624. The van der Waals surface area contributed by atoms with Crippen LogP contribution < -0.4 is 4.74 Å². The Bertz CT molecular complexity index is 1640. The van der Waals surface area contributed by atoms with Crippen molar-refractivity contribution in [2.45, 2.75) is 90.5 Å². The largest absolute Gasteiger partial charge is 0.491 e. The van der Waals surface area contributed by atoms with Gasteiger partial charge in [-0.1, -0.05) is 12.1 Å². The van der Waals surface area contributed by atoms with Crippen molar-refractivity contribution in [1.29, 1.82) is 5.26 Å². The van der Waals surface area contributed by atoms with Crippen molar-refractivity contribution >= 4 is 23.0 Å². The number of ether oxygens (including phenoxy) is 4. The molecular weight excluding hydrogens is 582 g/mol. The number of carbonyl (C=O) groups excluding carboxylic acids is 2. The average Bonchev–Trinajstić information content (AvgIpc) is 3.73. The monoisotopic (exact) mass is 627 g/mol. The first-order chi connectivity index (χ1) is 22.0. The molecule has 0 radical (unpaired) electrons. The summed E-state index contributed by atoms with van der Waals surface area (Å²) in [6.45, 7) is 10.0. The van der Waals surface area contributed by atoms with E-state index >= 15 is 0 Å². The maximum Gasteiger partial charge on any atom is 0.419 e. The number of hydrogen-bond donors (Lipinski definition) is 0. The first-order valence-electron chi connectivity index (χ1n) is 16.4. The standard InChI is InChI=1S/C37H45N3O6/c1-24-18-32(45-17-16-44-28-10-11-28)30(29-12-14-40(33(24)29)35(42)46-36(2,3)4)23-39-15-13-37(19-25(20-37)22-38)21-31(39)26-6-8-27(9-7-26)34(41)43-5/h6-9,12,14,18,25,28,31H,10-11,13,15-17,19-21,23H2,1-5H3/t25?,31-,37?/m0/s1. The van der Waals surface area contributed by atoms with Gasteiger partial charge in [0.15, 0.2) is 0 Å². The Morgan fingerprint density at radius 2 is 1.80 bits per heavy atom. The lowest BCUT2D eigenvalue weighted by Crippen LogP contribution is -2.48. The van der Waals surface area contributed by atoms with Gasteiger partial charge in [0.05, 0.1) is 37.0 Å². The number of benzene rings is 2. The molecule has 2 aliphatic carbocycles. The van der Waals surface area contributed by atoms with Crippen LogP contribution in [0, 0.1) is 29.6 Å². The van der Waals surface area contributed by atoms with Gasteiger partial charge in [-0.15, -0.1) is 0 Å². The Morgan fingerprint density at radius 1 is 1.07 bits per heavy atom. The third kappa shape index (κ3) is 6.79. The number of fused-ring (bicyclic) bond motifs is 1. The van der Waals surface area contributed by atoms with Crippen LogP contribution in [0.5, 0.6) is 5.75 Å². The molecule has 9 nitrogen and oxygen atoms in total. The van der Waals surface area contributed by atoms with Gasteiger partial charge in [-0.3, -0.25) is 9.47 Å². The van der Waals surface area contributed by atoms with E-state index in [4.69, 9.17) is 18.9 Å². The number of hydrogen-bond acceptors (Lipinski definition) is 8. The number of esters is 1. The van der Waals surface area contributed by atoms with Crippen molar-refractivity contribution in [2.24, 2.45) is 11.3 Å². The van der Waals surface area contributed by atoms with E-state index in [0.29, 0.717) is 31.4 Å². The van der Waals surface area contributed by atoms with Gasteiger partial charge in [0, 0.05) is 35.7 Å². The molecule has 6 rings (SSSR count). The van der Waals surface area contributed by atoms with Gasteiger partial charge in [0.25, 0.3) is 0 Å². The zero-order valence-corrected chi connectivity index (χ0v) is 27.6. The number of carbonyl (C=O) groups is 2. The topological polar surface area (TPSA) is 103 Å². The lowest BCUT2D eigenvalue weighted by atomic mass is 9.56. The molecule has 0 amide bonds. The second-order valence-corrected chi connectivity index (χ2v) is 14.3. The number of piperidine rings is 1. The Kier molecular flexibility index (Phi) is 8.88. The molecule has 1 spiro atoms. The lowest BCUT2D eigenvalue weighted by molar-refractivity contribution is -0.0299. The molecule has 46 heavy (non-hydrogen) atoms. The molecule has 0 unspecified atom stereocenters. The van der Waals surface area contributed by atoms with E-state index in [1.54, 1.807) is 10.8 Å². The zero-order chi connectivity index (χ0) is 32.6. The van der Waals surface area contributed by atoms with E-state index in [-0.39, 0.29) is 23.3 Å². The van der Waals surface area contributed by atoms with E-state index in [1.165, 1.54) is 7.11 Å². The van der Waals surface area contributed by atoms with Crippen LogP contribution in [0.3, 0.4) is 0 Å². The van der Waals surface area contributed by atoms with Crippen LogP contribution in [0.1, 0.15) is 92.4 Å². The number of nitrogens with zero attached hydrogens (tertiary/aromatic N) is 3. The Balaban J connectivity index is 1.35. The molecule has 9 heteroatoms. The fourth-order valence-electron chi connectivity index (χ4n) is 7.23. The van der Waals surface area contributed by atoms with Gasteiger partial charge >= 0.3 is 12.1 Å². The maximum atomic E-state index is 13.3. The van der Waals surface area contributed by atoms with Crippen molar-refractivity contribution < 1.29 is 28.5 Å². The number of methoxy groups -OCH3 is 1. The van der Waals surface area contributed by atoms with Gasteiger partial charge in [0.2, 0.25) is 0 Å². The van der Waals surface area contributed by atoms with Gasteiger partial charge in [-0.2, -0.15) is 5.26 Å². The highest BCUT2D eigenvalue weighted by Crippen LogP contribution is 2.57. The molecule has 2 saturated carbocycles. The van der Waals surface area contributed by atoms with Crippen molar-refractivity contribution in [3.8, 4) is 11.8 Å². The first kappa shape index (κ1) is 32.1. The summed E-state index contributed by atoms with van der Waals surface area (Å²) >= 11 is 0. The van der Waals surface area contributed by atoms with Crippen LogP contribution in [0.4, 0.5) is 4.79 Å². The van der Waals surface area contributed by atoms with Crippen LogP contribution in [0.2, 0.25) is 0 Å². The predicted octanol–water partition coefficient (Wildman–Crippen LogP) is 7.33. The van der Waals surface area contributed by atoms with Gasteiger partial charge < -0.3 is 18.9 Å². The highest BCUT2D eigenvalue weighted by atomic mass is 16.6. The summed E-state index contributed by atoms with van der Waals surface area (Å²) < 4.78 is 24.6. The smallest absolute Gasteiger partial charge is 0.419 e. The molecule has 3 fully saturated rings. The molecule has 3 aliphatic rings. The molecule has 0 bridgehead atoms. The van der Waals surface area contributed by atoms with E-state index in [2.05, 4.69) is 11.0 Å². The zero-order valence-electron chi connectivity index (χ0n) is 27.6. The number of aromatic nitrogens is 1. The van der Waals surface area contributed by atoms with Gasteiger partial charge in [-0.25, -0.2) is 9.59 Å². The molecule has 244 valence electrons. The average molecular weight is 628 g/mol. The number of aryl methyl sites for hydroxylation is 1. The summed E-state index contributed by atoms with van der Waals surface area (Å²) in [7, 11) is 1.39. The first-order valence-corrected chi connectivity index (χ1v) is 16.4. The van der Waals surface area contributed by atoms with Gasteiger partial charge in [0.1, 0.15) is 18.0 Å². The number of nitriles is 1. The highest BCUT2D eigenvalue weighted by Gasteiger charge is 2.49. The Labute approximate surface area is 271 Å². The Hall–Kier alpha value is -3.87. The summed E-state index contributed by atoms with van der Waals surface area (Å²) in [5, 5.41) is 10.5. The molecule has 3 aromatic rings. The number of likely N-dealkylation sites (tertiary alicyclic amines) is 1. The molecule has 2 aromatic carbocycles. The second-order valence-electron chi connectivity index (χ2n) is 14.3. The van der Waals surface area contributed by atoms with Crippen molar-refractivity contribution in [1.82, 2.24) is 9.47 Å². The summed E-state index contributed by atoms with van der Waals surface area (Å²) in [4.78, 5) is 27.9. The minimum Gasteiger partial charge on any atom is -0.491 e. The van der Waals surface area contributed by atoms with Crippen molar-refractivity contribution in [2.75, 3.05) is 26.9 Å². The summed E-state index contributed by atoms with van der Waals surface area (Å²) in [6, 6.07) is 14.3. The van der Waals surface area contributed by atoms with E-state index in [1.807, 2.05) is 64.1 Å². The third-order valence-electron chi connectivity index (χ3n) is 9.65. The minimum absolute atomic E-state index is 0.0791. The van der Waals surface area contributed by atoms with E-state index in [0.717, 1.165) is 78.4 Å². The Morgan fingerprint density at radius 3 is 2.46 bits per heavy atom. The summed E-state index contributed by atoms with van der Waals surface area (Å²) in [5.41, 5.74) is 3.93. The molecule has 1 aromatic heterocycles. The fraction of sp³-hybridized carbons (Fsp3) is 0.541. The van der Waals surface area contributed by atoms with Crippen molar-refractivity contribution in [3.63, 3.8) is 0 Å². The SMILES string of the molecule is COC(=O)c1ccc([C@@H]2CC3(CCN2Cc2c(OCCOC4CC4)cc(C)c4c2ccn4C(=O)OC(C)(C)C)CC(C#N)C3)cc1. The lowest BCUT2D eigenvalue weighted by Gasteiger charge is -2.53. The molecule has 1 saturated heterocycles. The maximum absolute atomic E-state index is 13.3. The third-order valence-corrected chi connectivity index (χ3v) is 9.65. The van der Waals surface area contributed by atoms with Crippen LogP contribution in [-0.4, -0.2) is 60.1 Å². The highest BCUT2D eigenvalue weighted by molar-refractivity contribution is 5.95. The van der Waals surface area contributed by atoms with Crippen LogP contribution in [0.15, 0.2) is 42.6 Å². The predicted molar refractivity (Wildman–Crippen MR) is 174 cm³/mol. The summed E-state index contributed by atoms with van der Waals surface area (Å²) in [6.07, 6.45) is 7.76. The summed E-state index contributed by atoms with van der Waals surface area (Å²) in [5.74, 6) is 0.555. The van der Waals surface area contributed by atoms with Crippen LogP contribution in [-0.2, 0) is 20.8 Å². The molecule has 2 heterocycles. The molecule has 1 atom stereocenters. The van der Waals surface area contributed by atoms with Gasteiger partial charge in [-0.05, 0) is 114 Å². The number of rotatable bonds is 9. The van der Waals surface area contributed by atoms with E-state index in [9.17, 15) is 14.9 Å². The second kappa shape index (κ2) is 12.7. The van der Waals surface area contributed by atoms with Crippen molar-refractivity contribution in [3.05, 3.63) is 64.8 Å². The van der Waals surface area contributed by atoms with E-state index < -0.39 is 11.7 Å². The fourth-order valence-corrected chi connectivity index (χ4v) is 7.23. The molecule has 1 aliphatic heterocycles. The normalized spacial score (nSPS) is 23.1. The van der Waals surface area contributed by atoms with Crippen LogP contribution in [0.25, 0.3) is 10.9 Å². The molecular formula is C37H45N3O6.